The molecule has 2 fully saturated rings. The molecule has 204 valence electrons. The summed E-state index contributed by atoms with van der Waals surface area (Å²) in [5.74, 6) is -1.31. The molecule has 1 aromatic carbocycles. The van der Waals surface area contributed by atoms with Crippen LogP contribution in [0.1, 0.15) is 46.1 Å². The molecule has 1 aromatic rings. The predicted octanol–water partition coefficient (Wildman–Crippen LogP) is 2.87. The van der Waals surface area contributed by atoms with Crippen molar-refractivity contribution in [1.82, 2.24) is 20.0 Å². The van der Waals surface area contributed by atoms with Gasteiger partial charge in [-0.2, -0.15) is 0 Å². The number of likely N-dealkylation sites (tertiary alicyclic amines) is 1. The molecule has 0 bridgehead atoms. The second-order valence-electron chi connectivity index (χ2n) is 9.94. The number of rotatable bonds is 10. The Morgan fingerprint density at radius 2 is 1.68 bits per heavy atom. The topological polar surface area (TPSA) is 108 Å². The van der Waals surface area contributed by atoms with Crippen LogP contribution in [0.2, 0.25) is 0 Å². The van der Waals surface area contributed by atoms with Crippen molar-refractivity contribution in [3.8, 4) is 0 Å². The SMILES string of the molecule is CCNCCC[C@H]1C(=O)N(C(=O)N2CCN(C(=O)OC(C)C(C)C)CC2)C1C(=O)OCc1ccccc1. The molecular formula is C27H40N4O6. The van der Waals surface area contributed by atoms with Gasteiger partial charge in [-0.1, -0.05) is 51.1 Å². The van der Waals surface area contributed by atoms with Crippen LogP contribution in [0.25, 0.3) is 0 Å². The van der Waals surface area contributed by atoms with Gasteiger partial charge in [0.05, 0.1) is 5.92 Å². The van der Waals surface area contributed by atoms with E-state index in [-0.39, 0.29) is 37.6 Å². The lowest BCUT2D eigenvalue weighted by atomic mass is 9.83. The molecule has 10 nitrogen and oxygen atoms in total. The fraction of sp³-hybridized carbons (Fsp3) is 0.630. The molecule has 4 amide bonds. The summed E-state index contributed by atoms with van der Waals surface area (Å²) in [7, 11) is 0. The molecule has 1 N–H and O–H groups in total. The van der Waals surface area contributed by atoms with E-state index in [1.165, 1.54) is 4.90 Å². The van der Waals surface area contributed by atoms with Gasteiger partial charge in [-0.3, -0.25) is 4.79 Å². The van der Waals surface area contributed by atoms with Gasteiger partial charge in [0, 0.05) is 26.2 Å². The van der Waals surface area contributed by atoms with Gasteiger partial charge in [0.15, 0.2) is 6.04 Å². The fourth-order valence-electron chi connectivity index (χ4n) is 4.35. The molecule has 0 saturated carbocycles. The first-order chi connectivity index (χ1) is 17.7. The Labute approximate surface area is 219 Å². The molecular weight excluding hydrogens is 476 g/mol. The molecule has 2 saturated heterocycles. The van der Waals surface area contributed by atoms with Crippen LogP contribution in [-0.2, 0) is 25.7 Å². The number of amides is 4. The van der Waals surface area contributed by atoms with E-state index >= 15 is 0 Å². The monoisotopic (exact) mass is 516 g/mol. The van der Waals surface area contributed by atoms with Crippen molar-refractivity contribution in [3.63, 3.8) is 0 Å². The van der Waals surface area contributed by atoms with Crippen molar-refractivity contribution in [2.24, 2.45) is 11.8 Å². The van der Waals surface area contributed by atoms with Gasteiger partial charge in [0.25, 0.3) is 0 Å². The van der Waals surface area contributed by atoms with Crippen molar-refractivity contribution in [3.05, 3.63) is 35.9 Å². The average Bonchev–Trinajstić information content (AvgIpc) is 2.90. The number of carbonyl (C=O) groups is 4. The number of hydrogen-bond acceptors (Lipinski definition) is 7. The lowest BCUT2D eigenvalue weighted by Crippen LogP contribution is -2.69. The zero-order valence-corrected chi connectivity index (χ0v) is 22.4. The smallest absolute Gasteiger partial charge is 0.410 e. The largest absolute Gasteiger partial charge is 0.459 e. The van der Waals surface area contributed by atoms with Crippen LogP contribution in [0.3, 0.4) is 0 Å². The number of nitrogens with one attached hydrogen (secondary N) is 1. The molecule has 0 aliphatic carbocycles. The van der Waals surface area contributed by atoms with Crippen LogP contribution in [0.4, 0.5) is 9.59 Å². The van der Waals surface area contributed by atoms with Crippen LogP contribution in [0.15, 0.2) is 30.3 Å². The lowest BCUT2D eigenvalue weighted by molar-refractivity contribution is -0.171. The molecule has 2 aliphatic heterocycles. The van der Waals surface area contributed by atoms with E-state index in [9.17, 15) is 19.2 Å². The molecule has 3 rings (SSSR count). The Morgan fingerprint density at radius 1 is 1.03 bits per heavy atom. The fourth-order valence-corrected chi connectivity index (χ4v) is 4.35. The summed E-state index contributed by atoms with van der Waals surface area (Å²) in [6.45, 7) is 10.5. The van der Waals surface area contributed by atoms with E-state index < -0.39 is 30.1 Å². The Hall–Kier alpha value is -3.14. The molecule has 37 heavy (non-hydrogen) atoms. The quantitative estimate of drug-likeness (QED) is 0.289. The number of carbonyl (C=O) groups excluding carboxylic acids is 4. The van der Waals surface area contributed by atoms with Crippen molar-refractivity contribution < 1.29 is 28.7 Å². The summed E-state index contributed by atoms with van der Waals surface area (Å²) in [6.07, 6.45) is 0.591. The van der Waals surface area contributed by atoms with E-state index in [1.54, 1.807) is 4.90 Å². The molecule has 0 aromatic heterocycles. The molecule has 0 radical (unpaired) electrons. The van der Waals surface area contributed by atoms with E-state index in [4.69, 9.17) is 9.47 Å². The third kappa shape index (κ3) is 7.21. The van der Waals surface area contributed by atoms with Crippen LogP contribution in [0.5, 0.6) is 0 Å². The van der Waals surface area contributed by atoms with E-state index in [0.29, 0.717) is 25.9 Å². The van der Waals surface area contributed by atoms with E-state index in [2.05, 4.69) is 5.32 Å². The van der Waals surface area contributed by atoms with E-state index in [1.807, 2.05) is 58.0 Å². The minimum Gasteiger partial charge on any atom is -0.459 e. The second kappa shape index (κ2) is 13.4. The molecule has 0 spiro atoms. The number of nitrogens with zero attached hydrogens (tertiary/aromatic N) is 3. The van der Waals surface area contributed by atoms with Crippen molar-refractivity contribution in [2.75, 3.05) is 39.3 Å². The van der Waals surface area contributed by atoms with Gasteiger partial charge in [-0.25, -0.2) is 19.3 Å². The maximum absolute atomic E-state index is 13.3. The first-order valence-electron chi connectivity index (χ1n) is 13.2. The summed E-state index contributed by atoms with van der Waals surface area (Å²) in [4.78, 5) is 56.0. The summed E-state index contributed by atoms with van der Waals surface area (Å²) in [5.41, 5.74) is 0.831. The number of piperazine rings is 1. The number of ether oxygens (including phenoxy) is 2. The van der Waals surface area contributed by atoms with Gasteiger partial charge < -0.3 is 24.6 Å². The highest BCUT2D eigenvalue weighted by Crippen LogP contribution is 2.33. The number of benzene rings is 1. The first kappa shape index (κ1) is 28.4. The standard InChI is InChI=1S/C27H40N4O6/c1-5-28-13-9-12-22-23(25(33)36-18-21-10-7-6-8-11-21)31(24(22)32)26(34)29-14-16-30(17-15-29)27(35)37-20(4)19(2)3/h6-8,10-11,19-20,22-23,28H,5,9,12-18H2,1-4H3/t20?,22-,23?/m1/s1. The highest BCUT2D eigenvalue weighted by atomic mass is 16.6. The van der Waals surface area contributed by atoms with Gasteiger partial charge in [0.2, 0.25) is 5.91 Å². The van der Waals surface area contributed by atoms with Gasteiger partial charge in [-0.15, -0.1) is 0 Å². The van der Waals surface area contributed by atoms with Crippen LogP contribution < -0.4 is 5.32 Å². The molecule has 3 atom stereocenters. The van der Waals surface area contributed by atoms with Crippen LogP contribution in [-0.4, -0.2) is 90.1 Å². The second-order valence-corrected chi connectivity index (χ2v) is 9.94. The summed E-state index contributed by atoms with van der Waals surface area (Å²) >= 11 is 0. The van der Waals surface area contributed by atoms with Crippen molar-refractivity contribution in [2.45, 2.75) is 59.3 Å². The maximum atomic E-state index is 13.3. The highest BCUT2D eigenvalue weighted by Gasteiger charge is 2.56. The summed E-state index contributed by atoms with van der Waals surface area (Å²) in [5, 5.41) is 3.22. The summed E-state index contributed by atoms with van der Waals surface area (Å²) in [6, 6.07) is 7.83. The Morgan fingerprint density at radius 3 is 2.30 bits per heavy atom. The number of β-lactam (4-membered cyclic amide) rings is 1. The Balaban J connectivity index is 1.61. The van der Waals surface area contributed by atoms with Crippen LogP contribution in [0, 0.1) is 11.8 Å². The number of esters is 1. The highest BCUT2D eigenvalue weighted by molar-refractivity contribution is 6.07. The Bertz CT molecular complexity index is 932. The first-order valence-corrected chi connectivity index (χ1v) is 13.2. The van der Waals surface area contributed by atoms with E-state index in [0.717, 1.165) is 23.6 Å². The molecule has 10 heteroatoms. The van der Waals surface area contributed by atoms with Crippen molar-refractivity contribution in [1.29, 1.82) is 0 Å². The lowest BCUT2D eigenvalue weighted by Gasteiger charge is -2.46. The minimum atomic E-state index is -0.944. The third-order valence-corrected chi connectivity index (χ3v) is 7.04. The average molecular weight is 517 g/mol. The van der Waals surface area contributed by atoms with Gasteiger partial charge in [0.1, 0.15) is 12.7 Å². The number of hydrogen-bond donors (Lipinski definition) is 1. The number of imide groups is 1. The normalized spacial score (nSPS) is 20.5. The third-order valence-electron chi connectivity index (χ3n) is 7.04. The molecule has 2 unspecified atom stereocenters. The Kier molecular flexibility index (Phi) is 10.3. The van der Waals surface area contributed by atoms with Gasteiger partial charge >= 0.3 is 18.1 Å². The maximum Gasteiger partial charge on any atom is 0.410 e. The molecule has 2 heterocycles. The zero-order chi connectivity index (χ0) is 26.9. The predicted molar refractivity (Wildman–Crippen MR) is 137 cm³/mol. The minimum absolute atomic E-state index is 0.0755. The van der Waals surface area contributed by atoms with Crippen molar-refractivity contribution >= 4 is 24.0 Å². The summed E-state index contributed by atoms with van der Waals surface area (Å²) < 4.78 is 11.0. The molecule has 2 aliphatic rings. The zero-order valence-electron chi connectivity index (χ0n) is 22.4. The van der Waals surface area contributed by atoms with Crippen LogP contribution >= 0.6 is 0 Å². The van der Waals surface area contributed by atoms with Gasteiger partial charge in [-0.05, 0) is 44.3 Å². The number of urea groups is 1.